The second kappa shape index (κ2) is 7.49. The molecule has 0 aromatic heterocycles. The second-order valence-electron chi connectivity index (χ2n) is 6.26. The van der Waals surface area contributed by atoms with Crippen molar-refractivity contribution in [1.29, 1.82) is 0 Å². The molecule has 0 saturated heterocycles. The minimum absolute atomic E-state index is 0.517. The summed E-state index contributed by atoms with van der Waals surface area (Å²) >= 11 is 0. The molecular weight excluding hydrogens is 248 g/mol. The van der Waals surface area contributed by atoms with Crippen LogP contribution in [0.1, 0.15) is 64.0 Å². The lowest BCUT2D eigenvalue weighted by Gasteiger charge is -2.15. The maximum atomic E-state index is 9.67. The van der Waals surface area contributed by atoms with Gasteiger partial charge in [0.2, 0.25) is 0 Å². The highest BCUT2D eigenvalue weighted by Crippen LogP contribution is 2.25. The maximum Gasteiger partial charge on any atom is 0.126 e. The van der Waals surface area contributed by atoms with Gasteiger partial charge in [0, 0.05) is 5.56 Å². The third-order valence-electron chi connectivity index (χ3n) is 3.38. The zero-order valence-electron chi connectivity index (χ0n) is 13.4. The molecule has 0 amide bonds. The minimum Gasteiger partial charge on any atom is -0.496 e. The van der Waals surface area contributed by atoms with Crippen molar-refractivity contribution in [2.45, 2.75) is 58.5 Å². The Hall–Kier alpha value is -1.28. The quantitative estimate of drug-likeness (QED) is 0.727. The Morgan fingerprint density at radius 3 is 2.55 bits per heavy atom. The van der Waals surface area contributed by atoms with Crippen LogP contribution in [0.5, 0.6) is 5.75 Å². The summed E-state index contributed by atoms with van der Waals surface area (Å²) < 4.78 is 5.40. The van der Waals surface area contributed by atoms with Gasteiger partial charge in [-0.15, -0.1) is 0 Å². The monoisotopic (exact) mass is 276 g/mol. The molecule has 1 aromatic carbocycles. The average molecular weight is 276 g/mol. The van der Waals surface area contributed by atoms with E-state index in [1.54, 1.807) is 7.11 Å². The lowest BCUT2D eigenvalue weighted by atomic mass is 9.99. The van der Waals surface area contributed by atoms with Crippen LogP contribution in [0.3, 0.4) is 0 Å². The van der Waals surface area contributed by atoms with Crippen LogP contribution in [0.4, 0.5) is 0 Å². The highest BCUT2D eigenvalue weighted by atomic mass is 16.5. The summed E-state index contributed by atoms with van der Waals surface area (Å²) in [6, 6.07) is 6.34. The fourth-order valence-corrected chi connectivity index (χ4v) is 2.11. The van der Waals surface area contributed by atoms with Crippen LogP contribution in [0.25, 0.3) is 6.08 Å². The lowest BCUT2D eigenvalue weighted by molar-refractivity contribution is 0.0691. The first-order valence-corrected chi connectivity index (χ1v) is 7.40. The van der Waals surface area contributed by atoms with E-state index < -0.39 is 5.60 Å². The maximum absolute atomic E-state index is 9.67. The summed E-state index contributed by atoms with van der Waals surface area (Å²) in [6.07, 6.45) is 7.06. The summed E-state index contributed by atoms with van der Waals surface area (Å²) in [5.74, 6) is 1.43. The summed E-state index contributed by atoms with van der Waals surface area (Å²) in [5, 5.41) is 9.67. The largest absolute Gasteiger partial charge is 0.496 e. The molecule has 2 nitrogen and oxygen atoms in total. The van der Waals surface area contributed by atoms with Crippen LogP contribution in [0.15, 0.2) is 24.3 Å². The standard InChI is InChI=1S/C18H28O2/c1-14(2)15-10-11-17(20-5)16(13-15)9-7-6-8-12-18(3,4)19/h7,9-11,13-14,19H,6,8,12H2,1-5H3/b9-7+. The van der Waals surface area contributed by atoms with Crippen molar-refractivity contribution in [1.82, 2.24) is 0 Å². The molecule has 0 bridgehead atoms. The van der Waals surface area contributed by atoms with Crippen molar-refractivity contribution in [2.75, 3.05) is 7.11 Å². The van der Waals surface area contributed by atoms with Crippen LogP contribution >= 0.6 is 0 Å². The third kappa shape index (κ3) is 5.79. The van der Waals surface area contributed by atoms with Gasteiger partial charge in [-0.1, -0.05) is 32.1 Å². The highest BCUT2D eigenvalue weighted by Gasteiger charge is 2.10. The number of rotatable bonds is 7. The zero-order valence-corrected chi connectivity index (χ0v) is 13.4. The van der Waals surface area contributed by atoms with Crippen molar-refractivity contribution in [3.05, 3.63) is 35.4 Å². The van der Waals surface area contributed by atoms with Gasteiger partial charge in [0.25, 0.3) is 0 Å². The number of methoxy groups -OCH3 is 1. The topological polar surface area (TPSA) is 29.5 Å². The number of ether oxygens (including phenoxy) is 1. The van der Waals surface area contributed by atoms with E-state index in [1.807, 2.05) is 19.9 Å². The van der Waals surface area contributed by atoms with Crippen LogP contribution in [0.2, 0.25) is 0 Å². The molecule has 0 spiro atoms. The molecular formula is C18H28O2. The number of benzene rings is 1. The van der Waals surface area contributed by atoms with Gasteiger partial charge in [-0.25, -0.2) is 0 Å². The van der Waals surface area contributed by atoms with Gasteiger partial charge >= 0.3 is 0 Å². The molecule has 0 saturated carbocycles. The van der Waals surface area contributed by atoms with E-state index in [2.05, 4.69) is 38.1 Å². The van der Waals surface area contributed by atoms with Gasteiger partial charge in [0.1, 0.15) is 5.75 Å². The Morgan fingerprint density at radius 2 is 2.00 bits per heavy atom. The fraction of sp³-hybridized carbons (Fsp3) is 0.556. The first kappa shape index (κ1) is 16.8. The molecule has 1 N–H and O–H groups in total. The van der Waals surface area contributed by atoms with Crippen molar-refractivity contribution < 1.29 is 9.84 Å². The van der Waals surface area contributed by atoms with Crippen LogP contribution < -0.4 is 4.74 Å². The van der Waals surface area contributed by atoms with E-state index in [0.717, 1.165) is 30.6 Å². The van der Waals surface area contributed by atoms with Crippen LogP contribution in [-0.4, -0.2) is 17.8 Å². The van der Waals surface area contributed by atoms with Crippen LogP contribution in [-0.2, 0) is 0 Å². The Morgan fingerprint density at radius 1 is 1.30 bits per heavy atom. The van der Waals surface area contributed by atoms with E-state index in [-0.39, 0.29) is 0 Å². The number of aliphatic hydroxyl groups is 1. The Kier molecular flexibility index (Phi) is 6.28. The number of allylic oxidation sites excluding steroid dienone is 1. The van der Waals surface area contributed by atoms with E-state index in [4.69, 9.17) is 4.74 Å². The number of hydrogen-bond donors (Lipinski definition) is 1. The molecule has 0 unspecified atom stereocenters. The molecule has 0 aliphatic heterocycles. The smallest absolute Gasteiger partial charge is 0.126 e. The molecule has 0 aliphatic rings. The normalized spacial score (nSPS) is 12.3. The molecule has 2 heteroatoms. The van der Waals surface area contributed by atoms with Gasteiger partial charge in [-0.3, -0.25) is 0 Å². The zero-order chi connectivity index (χ0) is 15.2. The van der Waals surface area contributed by atoms with E-state index in [0.29, 0.717) is 5.92 Å². The van der Waals surface area contributed by atoms with Gasteiger partial charge in [0.05, 0.1) is 12.7 Å². The Balaban J connectivity index is 2.67. The SMILES string of the molecule is COc1ccc(C(C)C)cc1/C=C/CCCC(C)(C)O. The molecule has 1 rings (SSSR count). The van der Waals surface area contributed by atoms with E-state index in [1.165, 1.54) is 5.56 Å². The summed E-state index contributed by atoms with van der Waals surface area (Å²) in [4.78, 5) is 0. The van der Waals surface area contributed by atoms with Gasteiger partial charge in [-0.05, 0) is 56.7 Å². The van der Waals surface area contributed by atoms with Gasteiger partial charge in [-0.2, -0.15) is 0 Å². The minimum atomic E-state index is -0.566. The van der Waals surface area contributed by atoms with Crippen molar-refractivity contribution in [3.8, 4) is 5.75 Å². The summed E-state index contributed by atoms with van der Waals surface area (Å²) in [6.45, 7) is 8.09. The molecule has 20 heavy (non-hydrogen) atoms. The molecule has 0 aliphatic carbocycles. The fourth-order valence-electron chi connectivity index (χ4n) is 2.11. The highest BCUT2D eigenvalue weighted by molar-refractivity contribution is 5.58. The number of unbranched alkanes of at least 4 members (excludes halogenated alkanes) is 1. The Bertz CT molecular complexity index is 439. The molecule has 0 atom stereocenters. The molecule has 0 radical (unpaired) electrons. The van der Waals surface area contributed by atoms with E-state index in [9.17, 15) is 5.11 Å². The summed E-state index contributed by atoms with van der Waals surface area (Å²) in [5.41, 5.74) is 1.88. The second-order valence-corrected chi connectivity index (χ2v) is 6.26. The van der Waals surface area contributed by atoms with Crippen molar-refractivity contribution in [2.24, 2.45) is 0 Å². The predicted molar refractivity (Wildman–Crippen MR) is 86.3 cm³/mol. The average Bonchev–Trinajstić information content (AvgIpc) is 2.36. The molecule has 112 valence electrons. The molecule has 1 aromatic rings. The van der Waals surface area contributed by atoms with Crippen LogP contribution in [0, 0.1) is 0 Å². The summed E-state index contributed by atoms with van der Waals surface area (Å²) in [7, 11) is 1.70. The van der Waals surface area contributed by atoms with Crippen molar-refractivity contribution >= 4 is 6.08 Å². The molecule has 0 heterocycles. The number of hydrogen-bond acceptors (Lipinski definition) is 2. The molecule has 0 fully saturated rings. The van der Waals surface area contributed by atoms with E-state index >= 15 is 0 Å². The first-order valence-electron chi connectivity index (χ1n) is 7.40. The predicted octanol–water partition coefficient (Wildman–Crippen LogP) is 4.77. The first-order chi connectivity index (χ1) is 9.33. The van der Waals surface area contributed by atoms with Gasteiger partial charge in [0.15, 0.2) is 0 Å². The van der Waals surface area contributed by atoms with Crippen molar-refractivity contribution in [3.63, 3.8) is 0 Å². The Labute approximate surface area is 123 Å². The third-order valence-corrected chi connectivity index (χ3v) is 3.38. The lowest BCUT2D eigenvalue weighted by Crippen LogP contribution is -2.17. The van der Waals surface area contributed by atoms with Gasteiger partial charge < -0.3 is 9.84 Å².